The van der Waals surface area contributed by atoms with Crippen LogP contribution in [0.3, 0.4) is 0 Å². The Hall–Kier alpha value is -1.80. The third-order valence-corrected chi connectivity index (χ3v) is 2.60. The van der Waals surface area contributed by atoms with Crippen LogP contribution in [0.5, 0.6) is 0 Å². The minimum absolute atomic E-state index is 0.354. The van der Waals surface area contributed by atoms with Crippen molar-refractivity contribution in [2.75, 3.05) is 6.61 Å². The summed E-state index contributed by atoms with van der Waals surface area (Å²) in [4.78, 5) is 4.31. The summed E-state index contributed by atoms with van der Waals surface area (Å²) >= 11 is 0. The molecule has 0 spiro atoms. The molecule has 0 aliphatic carbocycles. The summed E-state index contributed by atoms with van der Waals surface area (Å²) in [5.74, 6) is 0.972. The first-order valence-corrected chi connectivity index (χ1v) is 6.11. The number of nitrogens with two attached hydrogens (primary N) is 1. The predicted octanol–water partition coefficient (Wildman–Crippen LogP) is 0.440. The van der Waals surface area contributed by atoms with E-state index in [1.165, 1.54) is 0 Å². The lowest BCUT2D eigenvalue weighted by Gasteiger charge is -2.19. The number of hydrogen-bond donors (Lipinski definition) is 1. The fraction of sp³-hybridized carbons (Fsp3) is 0.636. The molecule has 2 N–H and O–H groups in total. The van der Waals surface area contributed by atoms with Gasteiger partial charge in [-0.2, -0.15) is 4.98 Å². The first-order valence-electron chi connectivity index (χ1n) is 6.11. The normalized spacial score (nSPS) is 12.0. The summed E-state index contributed by atoms with van der Waals surface area (Å²) in [6.07, 6.45) is 1.75. The van der Waals surface area contributed by atoms with Crippen LogP contribution < -0.4 is 5.73 Å². The highest BCUT2D eigenvalue weighted by molar-refractivity contribution is 4.98. The second kappa shape index (κ2) is 5.45. The molecular formula is C11H18N6O2. The fourth-order valence-corrected chi connectivity index (χ4v) is 1.64. The highest BCUT2D eigenvalue weighted by Gasteiger charge is 2.27. The van der Waals surface area contributed by atoms with Crippen molar-refractivity contribution in [3.8, 4) is 0 Å². The van der Waals surface area contributed by atoms with E-state index in [1.54, 1.807) is 10.9 Å². The summed E-state index contributed by atoms with van der Waals surface area (Å²) in [6.45, 7) is 7.02. The summed E-state index contributed by atoms with van der Waals surface area (Å²) in [5, 5.41) is 11.7. The largest absolute Gasteiger partial charge is 0.368 e. The Labute approximate surface area is 110 Å². The molecule has 0 aliphatic heterocycles. The summed E-state index contributed by atoms with van der Waals surface area (Å²) in [5.41, 5.74) is 5.62. The molecule has 0 saturated heterocycles. The molecule has 104 valence electrons. The molecule has 0 fully saturated rings. The minimum atomic E-state index is -0.568. The lowest BCUT2D eigenvalue weighted by atomic mass is 10.1. The fourth-order valence-electron chi connectivity index (χ4n) is 1.64. The van der Waals surface area contributed by atoms with Gasteiger partial charge in [0, 0.05) is 13.2 Å². The third-order valence-electron chi connectivity index (χ3n) is 2.60. The van der Waals surface area contributed by atoms with E-state index >= 15 is 0 Å². The zero-order chi connectivity index (χ0) is 13.9. The zero-order valence-electron chi connectivity index (χ0n) is 11.3. The maximum absolute atomic E-state index is 5.56. The molecule has 0 radical (unpaired) electrons. The van der Waals surface area contributed by atoms with Gasteiger partial charge in [0.1, 0.15) is 12.1 Å². The van der Waals surface area contributed by atoms with Gasteiger partial charge in [-0.15, -0.1) is 5.10 Å². The second-order valence-electron chi connectivity index (χ2n) is 4.57. The molecular weight excluding hydrogens is 248 g/mol. The van der Waals surface area contributed by atoms with E-state index in [1.807, 2.05) is 20.8 Å². The van der Waals surface area contributed by atoms with E-state index in [0.717, 1.165) is 5.69 Å². The van der Waals surface area contributed by atoms with Gasteiger partial charge in [-0.1, -0.05) is 10.4 Å². The van der Waals surface area contributed by atoms with Gasteiger partial charge in [-0.3, -0.25) is 0 Å². The molecule has 0 aliphatic rings. The molecule has 19 heavy (non-hydrogen) atoms. The van der Waals surface area contributed by atoms with Gasteiger partial charge in [-0.25, -0.2) is 4.68 Å². The van der Waals surface area contributed by atoms with Gasteiger partial charge in [-0.05, 0) is 20.8 Å². The first-order chi connectivity index (χ1) is 9.05. The maximum atomic E-state index is 5.56. The van der Waals surface area contributed by atoms with Crippen molar-refractivity contribution in [2.45, 2.75) is 39.5 Å². The van der Waals surface area contributed by atoms with Gasteiger partial charge in [0.2, 0.25) is 11.7 Å². The maximum Gasteiger partial charge on any atom is 0.248 e. The summed E-state index contributed by atoms with van der Waals surface area (Å²) < 4.78 is 12.4. The average Bonchev–Trinajstić information content (AvgIpc) is 2.99. The molecule has 8 nitrogen and oxygen atoms in total. The zero-order valence-corrected chi connectivity index (χ0v) is 11.3. The molecule has 0 saturated carbocycles. The first kappa shape index (κ1) is 13.6. The Bertz CT molecular complexity index is 533. The predicted molar refractivity (Wildman–Crippen MR) is 66.0 cm³/mol. The van der Waals surface area contributed by atoms with Crippen molar-refractivity contribution in [2.24, 2.45) is 5.73 Å². The molecule has 2 rings (SSSR count). The molecule has 0 amide bonds. The Balaban J connectivity index is 2.08. The van der Waals surface area contributed by atoms with E-state index in [-0.39, 0.29) is 0 Å². The van der Waals surface area contributed by atoms with Gasteiger partial charge in [0.05, 0.1) is 11.9 Å². The van der Waals surface area contributed by atoms with Crippen molar-refractivity contribution in [3.05, 3.63) is 23.6 Å². The lowest BCUT2D eigenvalue weighted by Crippen LogP contribution is -2.23. The Morgan fingerprint density at radius 2 is 2.26 bits per heavy atom. The Morgan fingerprint density at radius 1 is 1.47 bits per heavy atom. The van der Waals surface area contributed by atoms with E-state index in [0.29, 0.717) is 31.4 Å². The molecule has 2 aromatic heterocycles. The van der Waals surface area contributed by atoms with Crippen LogP contribution in [-0.4, -0.2) is 31.7 Å². The quantitative estimate of drug-likeness (QED) is 0.808. The van der Waals surface area contributed by atoms with Gasteiger partial charge in [0.15, 0.2) is 0 Å². The number of nitrogens with zero attached hydrogens (tertiary/aromatic N) is 5. The number of aromatic nitrogens is 5. The van der Waals surface area contributed by atoms with Crippen molar-refractivity contribution >= 4 is 0 Å². The standard InChI is InChI=1S/C11H18N6O2/c1-4-18-11(2,3)10-13-9(19-15-10)7-17-6-8(5-12)14-16-17/h6H,4-5,7,12H2,1-3H3. The Morgan fingerprint density at radius 3 is 2.89 bits per heavy atom. The van der Waals surface area contributed by atoms with E-state index in [2.05, 4.69) is 20.5 Å². The van der Waals surface area contributed by atoms with Gasteiger partial charge >= 0.3 is 0 Å². The van der Waals surface area contributed by atoms with Crippen LogP contribution in [0.25, 0.3) is 0 Å². The van der Waals surface area contributed by atoms with E-state index in [9.17, 15) is 0 Å². The molecule has 2 heterocycles. The number of rotatable bonds is 6. The van der Waals surface area contributed by atoms with Gasteiger partial charge in [0.25, 0.3) is 0 Å². The second-order valence-corrected chi connectivity index (χ2v) is 4.57. The lowest BCUT2D eigenvalue weighted by molar-refractivity contribution is -0.0221. The van der Waals surface area contributed by atoms with Crippen LogP contribution in [0, 0.1) is 0 Å². The number of hydrogen-bond acceptors (Lipinski definition) is 7. The van der Waals surface area contributed by atoms with Gasteiger partial charge < -0.3 is 15.0 Å². The highest BCUT2D eigenvalue weighted by Crippen LogP contribution is 2.21. The van der Waals surface area contributed by atoms with Crippen molar-refractivity contribution < 1.29 is 9.26 Å². The van der Waals surface area contributed by atoms with Crippen LogP contribution in [0.1, 0.15) is 38.2 Å². The van der Waals surface area contributed by atoms with Crippen LogP contribution in [0.15, 0.2) is 10.7 Å². The molecule has 0 atom stereocenters. The van der Waals surface area contributed by atoms with Crippen LogP contribution in [-0.2, 0) is 23.4 Å². The third kappa shape index (κ3) is 3.15. The molecule has 8 heteroatoms. The topological polar surface area (TPSA) is 105 Å². The summed E-state index contributed by atoms with van der Waals surface area (Å²) in [6, 6.07) is 0. The Kier molecular flexibility index (Phi) is 3.91. The smallest absolute Gasteiger partial charge is 0.248 e. The molecule has 0 unspecified atom stereocenters. The SMILES string of the molecule is CCOC(C)(C)c1noc(Cn2cc(CN)nn2)n1. The van der Waals surface area contributed by atoms with Crippen molar-refractivity contribution in [1.29, 1.82) is 0 Å². The van der Waals surface area contributed by atoms with Crippen LogP contribution in [0.4, 0.5) is 0 Å². The molecule has 0 bridgehead atoms. The molecule has 0 aromatic carbocycles. The highest BCUT2D eigenvalue weighted by atomic mass is 16.5. The van der Waals surface area contributed by atoms with Crippen molar-refractivity contribution in [3.63, 3.8) is 0 Å². The summed E-state index contributed by atoms with van der Waals surface area (Å²) in [7, 11) is 0. The average molecular weight is 266 g/mol. The monoisotopic (exact) mass is 266 g/mol. The van der Waals surface area contributed by atoms with Crippen molar-refractivity contribution in [1.82, 2.24) is 25.1 Å². The van der Waals surface area contributed by atoms with Crippen LogP contribution >= 0.6 is 0 Å². The van der Waals surface area contributed by atoms with E-state index in [4.69, 9.17) is 15.0 Å². The van der Waals surface area contributed by atoms with Crippen LogP contribution in [0.2, 0.25) is 0 Å². The minimum Gasteiger partial charge on any atom is -0.368 e. The van der Waals surface area contributed by atoms with E-state index < -0.39 is 5.60 Å². The molecule has 2 aromatic rings. The number of ether oxygens (including phenoxy) is 1.